The summed E-state index contributed by atoms with van der Waals surface area (Å²) in [6.45, 7) is 2.69. The fourth-order valence-electron chi connectivity index (χ4n) is 2.93. The van der Waals surface area contributed by atoms with E-state index >= 15 is 0 Å². The summed E-state index contributed by atoms with van der Waals surface area (Å²) < 4.78 is 0.735. The minimum Gasteiger partial charge on any atom is -0.480 e. The van der Waals surface area contributed by atoms with Crippen LogP contribution in [0.2, 0.25) is 4.34 Å². The van der Waals surface area contributed by atoms with Gasteiger partial charge in [-0.3, -0.25) is 19.4 Å². The molecule has 1 aromatic rings. The predicted octanol–water partition coefficient (Wildman–Crippen LogP) is 1.84. The second-order valence-corrected chi connectivity index (χ2v) is 8.07. The molecule has 0 aromatic carbocycles. The van der Waals surface area contributed by atoms with Crippen LogP contribution in [-0.4, -0.2) is 78.0 Å². The molecule has 1 N–H and O–H groups in total. The molecule has 1 saturated heterocycles. The molecule has 0 spiro atoms. The minimum atomic E-state index is -0.801. The summed E-state index contributed by atoms with van der Waals surface area (Å²) in [5.41, 5.74) is 0. The molecule has 0 aliphatic carbocycles. The zero-order valence-electron chi connectivity index (χ0n) is 14.1. The number of hydrogen-bond acceptors (Lipinski definition) is 5. The van der Waals surface area contributed by atoms with Crippen LogP contribution in [0.25, 0.3) is 0 Å². The first-order chi connectivity index (χ1) is 11.3. The third kappa shape index (κ3) is 5.73. The van der Waals surface area contributed by atoms with Crippen molar-refractivity contribution in [3.8, 4) is 0 Å². The molecule has 0 saturated carbocycles. The van der Waals surface area contributed by atoms with Crippen LogP contribution in [0.15, 0.2) is 12.1 Å². The largest absolute Gasteiger partial charge is 0.480 e. The number of carboxylic acid groups (broad SMARTS) is 1. The van der Waals surface area contributed by atoms with Crippen LogP contribution in [0.5, 0.6) is 0 Å². The highest BCUT2D eigenvalue weighted by Gasteiger charge is 2.25. The van der Waals surface area contributed by atoms with Gasteiger partial charge in [0.1, 0.15) is 0 Å². The number of amides is 1. The summed E-state index contributed by atoms with van der Waals surface area (Å²) in [6.07, 6.45) is 1.78. The van der Waals surface area contributed by atoms with Crippen LogP contribution in [0, 0.1) is 0 Å². The highest BCUT2D eigenvalue weighted by Crippen LogP contribution is 2.22. The summed E-state index contributed by atoms with van der Waals surface area (Å²) >= 11 is 7.41. The smallest absolute Gasteiger partial charge is 0.317 e. The number of carbonyl (C=O) groups is 2. The lowest BCUT2D eigenvalue weighted by Crippen LogP contribution is -2.47. The number of rotatable bonds is 7. The standard InChI is InChI=1S/C16H24ClN3O3S/c1-18(11-16(22)23)12-5-7-20(8-6-12)10-15(21)19(2)9-13-3-4-14(17)24-13/h3-4,12H,5-11H2,1-2H3,(H,22,23). The second kappa shape index (κ2) is 8.80. The first kappa shape index (κ1) is 19.2. The lowest BCUT2D eigenvalue weighted by Gasteiger charge is -2.36. The Morgan fingerprint density at radius 2 is 2.00 bits per heavy atom. The number of halogens is 1. The number of nitrogens with zero attached hydrogens (tertiary/aromatic N) is 3. The van der Waals surface area contributed by atoms with E-state index in [9.17, 15) is 9.59 Å². The third-order valence-electron chi connectivity index (χ3n) is 4.37. The van der Waals surface area contributed by atoms with E-state index in [4.69, 9.17) is 16.7 Å². The number of aliphatic carboxylic acids is 1. The van der Waals surface area contributed by atoms with E-state index in [0.717, 1.165) is 35.1 Å². The van der Waals surface area contributed by atoms with Crippen molar-refractivity contribution in [1.29, 1.82) is 0 Å². The van der Waals surface area contributed by atoms with E-state index in [2.05, 4.69) is 4.90 Å². The van der Waals surface area contributed by atoms with Gasteiger partial charge < -0.3 is 10.0 Å². The quantitative estimate of drug-likeness (QED) is 0.790. The van der Waals surface area contributed by atoms with Crippen molar-refractivity contribution in [3.63, 3.8) is 0 Å². The molecule has 6 nitrogen and oxygen atoms in total. The van der Waals surface area contributed by atoms with Crippen LogP contribution >= 0.6 is 22.9 Å². The van der Waals surface area contributed by atoms with E-state index in [1.165, 1.54) is 11.3 Å². The number of likely N-dealkylation sites (N-methyl/N-ethyl adjacent to an activating group) is 2. The van der Waals surface area contributed by atoms with Crippen molar-refractivity contribution in [1.82, 2.24) is 14.7 Å². The predicted molar refractivity (Wildman–Crippen MR) is 95.5 cm³/mol. The van der Waals surface area contributed by atoms with E-state index in [0.29, 0.717) is 13.1 Å². The number of carboxylic acids is 1. The van der Waals surface area contributed by atoms with Crippen LogP contribution < -0.4 is 0 Å². The third-order valence-corrected chi connectivity index (χ3v) is 5.59. The molecule has 0 unspecified atom stereocenters. The number of thiophene rings is 1. The topological polar surface area (TPSA) is 64.1 Å². The van der Waals surface area contributed by atoms with Gasteiger partial charge in [0, 0.05) is 31.1 Å². The van der Waals surface area contributed by atoms with Crippen molar-refractivity contribution in [2.45, 2.75) is 25.4 Å². The van der Waals surface area contributed by atoms with E-state index in [1.54, 1.807) is 4.90 Å². The zero-order valence-corrected chi connectivity index (χ0v) is 15.6. The zero-order chi connectivity index (χ0) is 17.7. The van der Waals surface area contributed by atoms with Gasteiger partial charge in [-0.1, -0.05) is 11.6 Å². The van der Waals surface area contributed by atoms with Crippen LogP contribution in [0.4, 0.5) is 0 Å². The number of carbonyl (C=O) groups excluding carboxylic acids is 1. The van der Waals surface area contributed by atoms with Gasteiger partial charge in [-0.15, -0.1) is 11.3 Å². The highest BCUT2D eigenvalue weighted by atomic mass is 35.5. The number of hydrogen-bond donors (Lipinski definition) is 1. The first-order valence-electron chi connectivity index (χ1n) is 7.97. The molecular weight excluding hydrogens is 350 g/mol. The average Bonchev–Trinajstić information content (AvgIpc) is 2.92. The second-order valence-electron chi connectivity index (χ2n) is 6.27. The molecule has 1 aliphatic rings. The van der Waals surface area contributed by atoms with Gasteiger partial charge in [0.05, 0.1) is 24.0 Å². The molecule has 1 fully saturated rings. The Morgan fingerprint density at radius 3 is 2.54 bits per heavy atom. The lowest BCUT2D eigenvalue weighted by atomic mass is 10.0. The summed E-state index contributed by atoms with van der Waals surface area (Å²) in [6, 6.07) is 4.07. The van der Waals surface area contributed by atoms with Crippen molar-refractivity contribution >= 4 is 34.8 Å². The van der Waals surface area contributed by atoms with Gasteiger partial charge in [-0.2, -0.15) is 0 Å². The van der Waals surface area contributed by atoms with Gasteiger partial charge in [0.25, 0.3) is 0 Å². The molecule has 1 amide bonds. The molecule has 1 aliphatic heterocycles. The molecular formula is C16H24ClN3O3S. The summed E-state index contributed by atoms with van der Waals surface area (Å²) in [5, 5.41) is 8.86. The Morgan fingerprint density at radius 1 is 1.33 bits per heavy atom. The molecule has 0 radical (unpaired) electrons. The average molecular weight is 374 g/mol. The Kier molecular flexibility index (Phi) is 7.03. The van der Waals surface area contributed by atoms with Crippen LogP contribution in [-0.2, 0) is 16.1 Å². The maximum absolute atomic E-state index is 12.4. The Bertz CT molecular complexity index is 573. The monoisotopic (exact) mass is 373 g/mol. The first-order valence-corrected chi connectivity index (χ1v) is 9.17. The normalized spacial score (nSPS) is 16.5. The maximum Gasteiger partial charge on any atom is 0.317 e. The maximum atomic E-state index is 12.4. The van der Waals surface area contributed by atoms with Crippen LogP contribution in [0.1, 0.15) is 17.7 Å². The Hall–Kier alpha value is -1.15. The van der Waals surface area contributed by atoms with Gasteiger partial charge in [-0.25, -0.2) is 0 Å². The molecule has 1 aromatic heterocycles. The van der Waals surface area contributed by atoms with Gasteiger partial charge in [-0.05, 0) is 32.0 Å². The minimum absolute atomic E-state index is 0.0652. The Labute approximate surface area is 151 Å². The molecule has 134 valence electrons. The Balaban J connectivity index is 1.74. The number of likely N-dealkylation sites (tertiary alicyclic amines) is 1. The van der Waals surface area contributed by atoms with Gasteiger partial charge in [0.15, 0.2) is 0 Å². The van der Waals surface area contributed by atoms with Crippen LogP contribution in [0.3, 0.4) is 0 Å². The molecule has 2 heterocycles. The molecule has 2 rings (SSSR count). The highest BCUT2D eigenvalue weighted by molar-refractivity contribution is 7.16. The molecule has 8 heteroatoms. The molecule has 24 heavy (non-hydrogen) atoms. The van der Waals surface area contributed by atoms with Crippen molar-refractivity contribution < 1.29 is 14.7 Å². The van der Waals surface area contributed by atoms with E-state index in [-0.39, 0.29) is 18.5 Å². The molecule has 0 bridgehead atoms. The van der Waals surface area contributed by atoms with Crippen molar-refractivity contribution in [2.24, 2.45) is 0 Å². The van der Waals surface area contributed by atoms with Gasteiger partial charge in [0.2, 0.25) is 5.91 Å². The van der Waals surface area contributed by atoms with Crippen molar-refractivity contribution in [3.05, 3.63) is 21.3 Å². The lowest BCUT2D eigenvalue weighted by molar-refractivity contribution is -0.138. The number of piperidine rings is 1. The van der Waals surface area contributed by atoms with E-state index in [1.807, 2.05) is 31.1 Å². The van der Waals surface area contributed by atoms with Gasteiger partial charge >= 0.3 is 5.97 Å². The SMILES string of the molecule is CN(Cc1ccc(Cl)s1)C(=O)CN1CCC(N(C)CC(=O)O)CC1. The van der Waals surface area contributed by atoms with E-state index < -0.39 is 5.97 Å². The summed E-state index contributed by atoms with van der Waals surface area (Å²) in [5.74, 6) is -0.706. The van der Waals surface area contributed by atoms with Crippen molar-refractivity contribution in [2.75, 3.05) is 40.3 Å². The fraction of sp³-hybridized carbons (Fsp3) is 0.625. The molecule has 0 atom stereocenters. The summed E-state index contributed by atoms with van der Waals surface area (Å²) in [4.78, 5) is 30.0. The summed E-state index contributed by atoms with van der Waals surface area (Å²) in [7, 11) is 3.66. The fourth-order valence-corrected chi connectivity index (χ4v) is 4.07.